The van der Waals surface area contributed by atoms with Crippen molar-refractivity contribution in [3.05, 3.63) is 34.4 Å². The number of carbonyl (C=O) groups is 1. The maximum absolute atomic E-state index is 12.2. The number of anilines is 1. The van der Waals surface area contributed by atoms with Gasteiger partial charge in [-0.15, -0.1) is 0 Å². The number of hydrogen-bond donors (Lipinski definition) is 2. The molecular weight excluding hydrogens is 276 g/mol. The fraction of sp³-hybridized carbons (Fsp3) is 0.462. The lowest BCUT2D eigenvalue weighted by Crippen LogP contribution is -2.49. The van der Waals surface area contributed by atoms with Gasteiger partial charge in [-0.2, -0.15) is 0 Å². The molecule has 1 atom stereocenters. The Morgan fingerprint density at radius 1 is 1.57 bits per heavy atom. The van der Waals surface area contributed by atoms with E-state index in [1.807, 2.05) is 7.05 Å². The normalized spacial score (nSPS) is 18.3. The van der Waals surface area contributed by atoms with Crippen molar-refractivity contribution in [1.29, 1.82) is 0 Å². The number of morpholine rings is 1. The molecule has 1 heterocycles. The van der Waals surface area contributed by atoms with Crippen LogP contribution >= 0.6 is 0 Å². The number of rotatable bonds is 4. The average molecular weight is 294 g/mol. The van der Waals surface area contributed by atoms with Crippen LogP contribution in [-0.2, 0) is 4.74 Å². The molecule has 8 heteroatoms. The van der Waals surface area contributed by atoms with Gasteiger partial charge in [-0.05, 0) is 13.1 Å². The summed E-state index contributed by atoms with van der Waals surface area (Å²) in [7, 11) is 1.82. The zero-order valence-corrected chi connectivity index (χ0v) is 11.7. The second-order valence-electron chi connectivity index (χ2n) is 4.73. The first-order chi connectivity index (χ1) is 10.1. The Balaban J connectivity index is 1.97. The van der Waals surface area contributed by atoms with Crippen LogP contribution in [0.15, 0.2) is 24.3 Å². The third-order valence-corrected chi connectivity index (χ3v) is 3.17. The Labute approximate surface area is 122 Å². The van der Waals surface area contributed by atoms with Crippen molar-refractivity contribution >= 4 is 17.4 Å². The summed E-state index contributed by atoms with van der Waals surface area (Å²) in [4.78, 5) is 24.0. The molecule has 1 fully saturated rings. The third kappa shape index (κ3) is 4.14. The zero-order valence-electron chi connectivity index (χ0n) is 11.7. The summed E-state index contributed by atoms with van der Waals surface area (Å²) in [5, 5.41) is 16.4. The lowest BCUT2D eigenvalue weighted by Gasteiger charge is -2.32. The van der Waals surface area contributed by atoms with E-state index in [9.17, 15) is 14.9 Å². The predicted octanol–water partition coefficient (Wildman–Crippen LogP) is 1.05. The molecule has 2 rings (SSSR count). The highest BCUT2D eigenvalue weighted by Crippen LogP contribution is 2.17. The van der Waals surface area contributed by atoms with Gasteiger partial charge < -0.3 is 20.3 Å². The van der Waals surface area contributed by atoms with Crippen molar-refractivity contribution in [2.75, 3.05) is 38.6 Å². The van der Waals surface area contributed by atoms with Gasteiger partial charge >= 0.3 is 6.03 Å². The number of amides is 2. The van der Waals surface area contributed by atoms with E-state index < -0.39 is 4.92 Å². The molecule has 2 N–H and O–H groups in total. The van der Waals surface area contributed by atoms with Crippen LogP contribution in [0.25, 0.3) is 0 Å². The molecule has 1 aromatic rings. The van der Waals surface area contributed by atoms with E-state index in [0.717, 1.165) is 0 Å². The maximum atomic E-state index is 12.2. The molecule has 1 unspecified atom stereocenters. The smallest absolute Gasteiger partial charge is 0.322 e. The number of benzene rings is 1. The van der Waals surface area contributed by atoms with E-state index in [1.165, 1.54) is 18.2 Å². The first kappa shape index (κ1) is 15.2. The number of urea groups is 1. The van der Waals surface area contributed by atoms with Gasteiger partial charge in [0.05, 0.1) is 17.6 Å². The second-order valence-corrected chi connectivity index (χ2v) is 4.73. The molecule has 0 radical (unpaired) electrons. The van der Waals surface area contributed by atoms with Crippen molar-refractivity contribution < 1.29 is 14.5 Å². The first-order valence-corrected chi connectivity index (χ1v) is 6.66. The molecule has 0 bridgehead atoms. The molecular formula is C13H18N4O4. The number of carbonyl (C=O) groups excluding carboxylic acids is 1. The van der Waals surface area contributed by atoms with E-state index in [1.54, 1.807) is 11.0 Å². The summed E-state index contributed by atoms with van der Waals surface area (Å²) < 4.78 is 5.53. The van der Waals surface area contributed by atoms with Crippen molar-refractivity contribution in [3.8, 4) is 0 Å². The van der Waals surface area contributed by atoms with Crippen molar-refractivity contribution in [2.24, 2.45) is 0 Å². The lowest BCUT2D eigenvalue weighted by atomic mass is 10.2. The largest absolute Gasteiger partial charge is 0.373 e. The number of hydrogen-bond acceptors (Lipinski definition) is 5. The SMILES string of the molecule is CNCC1CN(C(=O)Nc2cccc([N+](=O)[O-])c2)CCO1. The van der Waals surface area contributed by atoms with Crippen LogP contribution in [0.2, 0.25) is 0 Å². The Kier molecular flexibility index (Phi) is 5.07. The van der Waals surface area contributed by atoms with Crippen molar-refractivity contribution in [2.45, 2.75) is 6.10 Å². The standard InChI is InChI=1S/C13H18N4O4/c1-14-8-12-9-16(5-6-21-12)13(18)15-10-3-2-4-11(7-10)17(19)20/h2-4,7,12,14H,5-6,8-9H2,1H3,(H,15,18). The molecule has 1 aliphatic heterocycles. The zero-order chi connectivity index (χ0) is 15.2. The molecule has 1 aliphatic rings. The van der Waals surface area contributed by atoms with Crippen molar-refractivity contribution in [3.63, 3.8) is 0 Å². The summed E-state index contributed by atoms with van der Waals surface area (Å²) in [6.07, 6.45) is -0.0420. The van der Waals surface area contributed by atoms with Crippen LogP contribution < -0.4 is 10.6 Å². The lowest BCUT2D eigenvalue weighted by molar-refractivity contribution is -0.384. The summed E-state index contributed by atoms with van der Waals surface area (Å²) in [6.45, 7) is 2.14. The molecule has 0 aliphatic carbocycles. The Bertz CT molecular complexity index is 521. The van der Waals surface area contributed by atoms with Crippen LogP contribution in [0.3, 0.4) is 0 Å². The molecule has 0 aromatic heterocycles. The van der Waals surface area contributed by atoms with Gasteiger partial charge in [0.25, 0.3) is 5.69 Å². The molecule has 114 valence electrons. The third-order valence-electron chi connectivity index (χ3n) is 3.17. The summed E-state index contributed by atoms with van der Waals surface area (Å²) in [6, 6.07) is 5.60. The Morgan fingerprint density at radius 2 is 2.38 bits per heavy atom. The maximum Gasteiger partial charge on any atom is 0.322 e. The van der Waals surface area contributed by atoms with Crippen LogP contribution in [0.1, 0.15) is 0 Å². The van der Waals surface area contributed by atoms with Gasteiger partial charge in [-0.3, -0.25) is 10.1 Å². The topological polar surface area (TPSA) is 96.7 Å². The van der Waals surface area contributed by atoms with E-state index >= 15 is 0 Å². The van der Waals surface area contributed by atoms with E-state index in [4.69, 9.17) is 4.74 Å². The molecule has 0 spiro atoms. The fourth-order valence-electron chi connectivity index (χ4n) is 2.15. The highest BCUT2D eigenvalue weighted by molar-refractivity contribution is 5.89. The van der Waals surface area contributed by atoms with Gasteiger partial charge in [-0.1, -0.05) is 6.07 Å². The number of nitrogens with zero attached hydrogens (tertiary/aromatic N) is 2. The highest BCUT2D eigenvalue weighted by Gasteiger charge is 2.24. The Hall–Kier alpha value is -2.19. The van der Waals surface area contributed by atoms with Crippen LogP contribution in [-0.4, -0.2) is 55.2 Å². The van der Waals surface area contributed by atoms with Gasteiger partial charge in [0.15, 0.2) is 0 Å². The van der Waals surface area contributed by atoms with Gasteiger partial charge in [-0.25, -0.2) is 4.79 Å². The summed E-state index contributed by atoms with van der Waals surface area (Å²) in [5.41, 5.74) is 0.355. The van der Waals surface area contributed by atoms with E-state index in [2.05, 4.69) is 10.6 Å². The molecule has 21 heavy (non-hydrogen) atoms. The minimum absolute atomic E-state index is 0.0420. The molecule has 0 saturated carbocycles. The van der Waals surface area contributed by atoms with E-state index in [0.29, 0.717) is 31.9 Å². The minimum atomic E-state index is -0.493. The number of nitro benzene ring substituents is 1. The minimum Gasteiger partial charge on any atom is -0.373 e. The number of nitrogens with one attached hydrogen (secondary N) is 2. The summed E-state index contributed by atoms with van der Waals surface area (Å²) >= 11 is 0. The first-order valence-electron chi connectivity index (χ1n) is 6.66. The van der Waals surface area contributed by atoms with Gasteiger partial charge in [0.2, 0.25) is 0 Å². The molecule has 1 aromatic carbocycles. The predicted molar refractivity (Wildman–Crippen MR) is 77.4 cm³/mol. The molecule has 8 nitrogen and oxygen atoms in total. The number of nitro groups is 1. The van der Waals surface area contributed by atoms with Gasteiger partial charge in [0, 0.05) is 37.5 Å². The van der Waals surface area contributed by atoms with Crippen LogP contribution in [0, 0.1) is 10.1 Å². The monoisotopic (exact) mass is 294 g/mol. The number of non-ortho nitro benzene ring substituents is 1. The average Bonchev–Trinajstić information content (AvgIpc) is 2.48. The summed E-state index contributed by atoms with van der Waals surface area (Å²) in [5.74, 6) is 0. The van der Waals surface area contributed by atoms with E-state index in [-0.39, 0.29) is 17.8 Å². The molecule has 1 saturated heterocycles. The Morgan fingerprint density at radius 3 is 3.10 bits per heavy atom. The number of ether oxygens (including phenoxy) is 1. The van der Waals surface area contributed by atoms with Crippen molar-refractivity contribution in [1.82, 2.24) is 10.2 Å². The fourth-order valence-corrected chi connectivity index (χ4v) is 2.15. The highest BCUT2D eigenvalue weighted by atomic mass is 16.6. The van der Waals surface area contributed by atoms with Crippen LogP contribution in [0.4, 0.5) is 16.2 Å². The van der Waals surface area contributed by atoms with Crippen LogP contribution in [0.5, 0.6) is 0 Å². The second kappa shape index (κ2) is 7.00. The number of likely N-dealkylation sites (N-methyl/N-ethyl adjacent to an activating group) is 1. The van der Waals surface area contributed by atoms with Gasteiger partial charge in [0.1, 0.15) is 0 Å². The molecule has 2 amide bonds. The quantitative estimate of drug-likeness (QED) is 0.639.